The van der Waals surface area contributed by atoms with Crippen molar-refractivity contribution in [3.05, 3.63) is 0 Å². The summed E-state index contributed by atoms with van der Waals surface area (Å²) in [6, 6.07) is 0.555. The smallest absolute Gasteiger partial charge is 0.0694 e. The third-order valence-electron chi connectivity index (χ3n) is 3.41. The molecule has 0 radical (unpaired) electrons. The zero-order chi connectivity index (χ0) is 11.1. The second kappa shape index (κ2) is 7.20. The lowest BCUT2D eigenvalue weighted by molar-refractivity contribution is 0.00755. The van der Waals surface area contributed by atoms with Gasteiger partial charge in [0, 0.05) is 25.8 Å². The molecule has 15 heavy (non-hydrogen) atoms. The summed E-state index contributed by atoms with van der Waals surface area (Å²) in [6.07, 6.45) is 4.08. The Balaban J connectivity index is 2.18. The van der Waals surface area contributed by atoms with Crippen LogP contribution in [0.5, 0.6) is 0 Å². The van der Waals surface area contributed by atoms with E-state index in [-0.39, 0.29) is 6.10 Å². The molecular weight excluding hydrogens is 190 g/mol. The summed E-state index contributed by atoms with van der Waals surface area (Å²) in [5.74, 6) is 0.431. The maximum atomic E-state index is 10.00. The third-order valence-corrected chi connectivity index (χ3v) is 3.41. The first kappa shape index (κ1) is 12.9. The van der Waals surface area contributed by atoms with Crippen molar-refractivity contribution in [2.24, 2.45) is 5.92 Å². The predicted molar refractivity (Wildman–Crippen MR) is 61.9 cm³/mol. The summed E-state index contributed by atoms with van der Waals surface area (Å²) in [5, 5.41) is 13.4. The van der Waals surface area contributed by atoms with Gasteiger partial charge in [0.1, 0.15) is 0 Å². The second-order valence-corrected chi connectivity index (χ2v) is 4.44. The van der Waals surface area contributed by atoms with E-state index in [1.807, 2.05) is 0 Å². The van der Waals surface area contributed by atoms with Gasteiger partial charge in [-0.15, -0.1) is 0 Å². The molecule has 1 aliphatic rings. The molecule has 0 saturated carbocycles. The van der Waals surface area contributed by atoms with Crippen molar-refractivity contribution < 1.29 is 9.84 Å². The van der Waals surface area contributed by atoms with Crippen LogP contribution in [0, 0.1) is 5.92 Å². The van der Waals surface area contributed by atoms with Gasteiger partial charge in [-0.25, -0.2) is 0 Å². The first-order chi connectivity index (χ1) is 7.27. The molecule has 2 N–H and O–H groups in total. The van der Waals surface area contributed by atoms with E-state index in [4.69, 9.17) is 4.74 Å². The highest BCUT2D eigenvalue weighted by atomic mass is 16.5. The molecule has 0 aromatic heterocycles. The van der Waals surface area contributed by atoms with Crippen molar-refractivity contribution in [3.8, 4) is 0 Å². The highest BCUT2D eigenvalue weighted by Gasteiger charge is 2.22. The zero-order valence-corrected chi connectivity index (χ0v) is 10.0. The second-order valence-electron chi connectivity index (χ2n) is 4.44. The molecule has 0 spiro atoms. The quantitative estimate of drug-likeness (QED) is 0.706. The lowest BCUT2D eigenvalue weighted by atomic mass is 9.93. The Morgan fingerprint density at radius 1 is 1.27 bits per heavy atom. The third kappa shape index (κ3) is 4.49. The molecule has 1 saturated heterocycles. The molecule has 1 aliphatic heterocycles. The monoisotopic (exact) mass is 215 g/mol. The Hall–Kier alpha value is -0.120. The van der Waals surface area contributed by atoms with Crippen LogP contribution in [0.3, 0.4) is 0 Å². The number of aliphatic hydroxyl groups is 1. The lowest BCUT2D eigenvalue weighted by Crippen LogP contribution is -2.39. The fraction of sp³-hybridized carbons (Fsp3) is 1.00. The average Bonchev–Trinajstić information content (AvgIpc) is 2.31. The number of hydrogen-bond donors (Lipinski definition) is 2. The summed E-state index contributed by atoms with van der Waals surface area (Å²) >= 11 is 0. The van der Waals surface area contributed by atoms with Gasteiger partial charge >= 0.3 is 0 Å². The topological polar surface area (TPSA) is 41.5 Å². The van der Waals surface area contributed by atoms with Crippen LogP contribution in [0.15, 0.2) is 0 Å². The molecule has 0 aliphatic carbocycles. The van der Waals surface area contributed by atoms with E-state index < -0.39 is 0 Å². The first-order valence-electron chi connectivity index (χ1n) is 6.27. The fourth-order valence-corrected chi connectivity index (χ4v) is 2.13. The number of ether oxygens (including phenoxy) is 1. The Kier molecular flexibility index (Phi) is 6.22. The minimum Gasteiger partial charge on any atom is -0.392 e. The fourth-order valence-electron chi connectivity index (χ4n) is 2.13. The minimum absolute atomic E-state index is 0.200. The summed E-state index contributed by atoms with van der Waals surface area (Å²) in [5.41, 5.74) is 0. The van der Waals surface area contributed by atoms with Gasteiger partial charge < -0.3 is 15.2 Å². The van der Waals surface area contributed by atoms with Gasteiger partial charge in [-0.3, -0.25) is 0 Å². The van der Waals surface area contributed by atoms with Crippen LogP contribution in [0.25, 0.3) is 0 Å². The van der Waals surface area contributed by atoms with Gasteiger partial charge in [0.25, 0.3) is 0 Å². The van der Waals surface area contributed by atoms with Crippen molar-refractivity contribution in [1.29, 1.82) is 0 Å². The standard InChI is InChI=1S/C12H25NO2/c1-3-11(4-2)13-9-12(14)10-5-7-15-8-6-10/h10-14H,3-9H2,1-2H3. The van der Waals surface area contributed by atoms with Crippen LogP contribution in [-0.2, 0) is 4.74 Å². The molecule has 1 fully saturated rings. The molecule has 0 amide bonds. The molecule has 0 bridgehead atoms. The molecule has 0 aromatic rings. The normalized spacial score (nSPS) is 20.8. The molecule has 90 valence electrons. The van der Waals surface area contributed by atoms with Crippen LogP contribution < -0.4 is 5.32 Å². The minimum atomic E-state index is -0.200. The van der Waals surface area contributed by atoms with Crippen molar-refractivity contribution in [3.63, 3.8) is 0 Å². The Morgan fingerprint density at radius 3 is 2.40 bits per heavy atom. The SMILES string of the molecule is CCC(CC)NCC(O)C1CCOCC1. The Labute approximate surface area is 93.2 Å². The first-order valence-corrected chi connectivity index (χ1v) is 6.27. The molecule has 1 atom stereocenters. The van der Waals surface area contributed by atoms with Gasteiger partial charge in [0.05, 0.1) is 6.10 Å². The lowest BCUT2D eigenvalue weighted by Gasteiger charge is -2.28. The van der Waals surface area contributed by atoms with Crippen molar-refractivity contribution >= 4 is 0 Å². The Bertz CT molecular complexity index is 154. The number of rotatable bonds is 6. The van der Waals surface area contributed by atoms with E-state index in [1.165, 1.54) is 0 Å². The highest BCUT2D eigenvalue weighted by molar-refractivity contribution is 4.75. The largest absolute Gasteiger partial charge is 0.392 e. The van der Waals surface area contributed by atoms with Crippen LogP contribution in [0.4, 0.5) is 0 Å². The summed E-state index contributed by atoms with van der Waals surface area (Å²) in [4.78, 5) is 0. The maximum Gasteiger partial charge on any atom is 0.0694 e. The van der Waals surface area contributed by atoms with Crippen LogP contribution >= 0.6 is 0 Å². The van der Waals surface area contributed by atoms with Gasteiger partial charge in [-0.05, 0) is 31.6 Å². The molecule has 3 nitrogen and oxygen atoms in total. The molecule has 1 unspecified atom stereocenters. The van der Waals surface area contributed by atoms with Gasteiger partial charge in [-0.1, -0.05) is 13.8 Å². The van der Waals surface area contributed by atoms with E-state index in [0.29, 0.717) is 12.0 Å². The van der Waals surface area contributed by atoms with Crippen LogP contribution in [-0.4, -0.2) is 37.0 Å². The maximum absolute atomic E-state index is 10.00. The number of nitrogens with one attached hydrogen (secondary N) is 1. The highest BCUT2D eigenvalue weighted by Crippen LogP contribution is 2.18. The molecule has 1 rings (SSSR count). The summed E-state index contributed by atoms with van der Waals surface area (Å²) in [6.45, 7) is 6.72. The predicted octanol–water partition coefficient (Wildman–Crippen LogP) is 1.55. The summed E-state index contributed by atoms with van der Waals surface area (Å²) in [7, 11) is 0. The van der Waals surface area contributed by atoms with Gasteiger partial charge in [-0.2, -0.15) is 0 Å². The number of hydrogen-bond acceptors (Lipinski definition) is 3. The van der Waals surface area contributed by atoms with Crippen LogP contribution in [0.1, 0.15) is 39.5 Å². The average molecular weight is 215 g/mol. The van der Waals surface area contributed by atoms with E-state index in [2.05, 4.69) is 19.2 Å². The van der Waals surface area contributed by atoms with E-state index in [0.717, 1.165) is 45.4 Å². The molecule has 3 heteroatoms. The van der Waals surface area contributed by atoms with E-state index in [9.17, 15) is 5.11 Å². The van der Waals surface area contributed by atoms with E-state index >= 15 is 0 Å². The Morgan fingerprint density at radius 2 is 1.87 bits per heavy atom. The number of aliphatic hydroxyl groups excluding tert-OH is 1. The van der Waals surface area contributed by atoms with Gasteiger partial charge in [0.15, 0.2) is 0 Å². The van der Waals surface area contributed by atoms with Crippen molar-refractivity contribution in [2.75, 3.05) is 19.8 Å². The molecular formula is C12H25NO2. The zero-order valence-electron chi connectivity index (χ0n) is 10.0. The van der Waals surface area contributed by atoms with Crippen LogP contribution in [0.2, 0.25) is 0 Å². The van der Waals surface area contributed by atoms with Crippen molar-refractivity contribution in [1.82, 2.24) is 5.32 Å². The van der Waals surface area contributed by atoms with Gasteiger partial charge in [0.2, 0.25) is 0 Å². The van der Waals surface area contributed by atoms with Crippen molar-refractivity contribution in [2.45, 2.75) is 51.7 Å². The molecule has 1 heterocycles. The molecule has 0 aromatic carbocycles. The van der Waals surface area contributed by atoms with E-state index in [1.54, 1.807) is 0 Å². The summed E-state index contributed by atoms with van der Waals surface area (Å²) < 4.78 is 5.29.